The Morgan fingerprint density at radius 1 is 1.37 bits per heavy atom. The lowest BCUT2D eigenvalue weighted by Crippen LogP contribution is -2.05. The highest BCUT2D eigenvalue weighted by Crippen LogP contribution is 2.28. The zero-order valence-electron chi connectivity index (χ0n) is 10.1. The molecule has 0 fully saturated rings. The van der Waals surface area contributed by atoms with E-state index in [-0.39, 0.29) is 22.9 Å². The Balaban J connectivity index is 2.35. The molecular weight excluding hydrogens is 251 g/mol. The number of nitrogens with two attached hydrogens (primary N) is 1. The fourth-order valence-electron chi connectivity index (χ4n) is 1.45. The summed E-state index contributed by atoms with van der Waals surface area (Å²) in [6, 6.07) is 6.77. The van der Waals surface area contributed by atoms with Gasteiger partial charge in [-0.3, -0.25) is 0 Å². The number of nitrogens with zero attached hydrogens (tertiary/aromatic N) is 1. The molecule has 2 rings (SSSR count). The molecule has 0 atom stereocenters. The summed E-state index contributed by atoms with van der Waals surface area (Å²) >= 11 is 0. The van der Waals surface area contributed by atoms with E-state index in [1.165, 1.54) is 31.5 Å². The van der Waals surface area contributed by atoms with Crippen LogP contribution in [0.5, 0.6) is 11.6 Å². The van der Waals surface area contributed by atoms with Gasteiger partial charge in [-0.1, -0.05) is 0 Å². The van der Waals surface area contributed by atoms with Crippen LogP contribution < -0.4 is 10.5 Å². The van der Waals surface area contributed by atoms with Crippen molar-refractivity contribution in [1.82, 2.24) is 4.98 Å². The normalized spacial score (nSPS) is 10.0. The Kier molecular flexibility index (Phi) is 3.61. The second-order valence-corrected chi connectivity index (χ2v) is 3.63. The number of methoxy groups -OCH3 is 1. The maximum atomic E-state index is 12.9. The first kappa shape index (κ1) is 12.8. The van der Waals surface area contributed by atoms with Crippen molar-refractivity contribution >= 4 is 11.7 Å². The minimum absolute atomic E-state index is 0.0488. The minimum Gasteiger partial charge on any atom is -0.465 e. The smallest absolute Gasteiger partial charge is 0.343 e. The van der Waals surface area contributed by atoms with Gasteiger partial charge in [-0.05, 0) is 24.3 Å². The van der Waals surface area contributed by atoms with Gasteiger partial charge in [0.15, 0.2) is 5.75 Å². The van der Waals surface area contributed by atoms with E-state index in [0.29, 0.717) is 0 Å². The van der Waals surface area contributed by atoms with Gasteiger partial charge in [0, 0.05) is 12.3 Å². The standard InChI is InChI=1S/C13H11FN2O3/c1-18-13(17)9-3-2-6-16-12(9)19-11-5-4-8(14)7-10(11)15/h2-7H,15H2,1H3. The highest BCUT2D eigenvalue weighted by Gasteiger charge is 2.15. The molecule has 1 aromatic carbocycles. The molecule has 2 N–H and O–H groups in total. The van der Waals surface area contributed by atoms with Crippen LogP contribution in [0.4, 0.5) is 10.1 Å². The third-order valence-corrected chi connectivity index (χ3v) is 2.35. The van der Waals surface area contributed by atoms with Crippen LogP contribution in [0.1, 0.15) is 10.4 Å². The van der Waals surface area contributed by atoms with E-state index in [4.69, 9.17) is 10.5 Å². The molecule has 0 radical (unpaired) electrons. The number of carbonyl (C=O) groups excluding carboxylic acids is 1. The average Bonchev–Trinajstić information content (AvgIpc) is 2.41. The second-order valence-electron chi connectivity index (χ2n) is 3.63. The first-order valence-corrected chi connectivity index (χ1v) is 5.38. The molecule has 98 valence electrons. The predicted octanol–water partition coefficient (Wildman–Crippen LogP) is 2.38. The number of ether oxygens (including phenoxy) is 2. The highest BCUT2D eigenvalue weighted by molar-refractivity contribution is 5.91. The Bertz CT molecular complexity index is 617. The van der Waals surface area contributed by atoms with Crippen LogP contribution in [-0.4, -0.2) is 18.1 Å². The van der Waals surface area contributed by atoms with Crippen LogP contribution in [0.15, 0.2) is 36.5 Å². The molecule has 1 aromatic heterocycles. The number of rotatable bonds is 3. The first-order valence-electron chi connectivity index (χ1n) is 5.38. The van der Waals surface area contributed by atoms with Crippen LogP contribution in [0.3, 0.4) is 0 Å². The van der Waals surface area contributed by atoms with Crippen LogP contribution in [0.25, 0.3) is 0 Å². The molecule has 0 bridgehead atoms. The molecule has 0 aliphatic rings. The minimum atomic E-state index is -0.580. The van der Waals surface area contributed by atoms with Crippen molar-refractivity contribution in [3.8, 4) is 11.6 Å². The third kappa shape index (κ3) is 2.79. The van der Waals surface area contributed by atoms with E-state index in [2.05, 4.69) is 9.72 Å². The number of hydrogen-bond acceptors (Lipinski definition) is 5. The van der Waals surface area contributed by atoms with Crippen LogP contribution >= 0.6 is 0 Å². The van der Waals surface area contributed by atoms with Crippen molar-refractivity contribution in [3.05, 3.63) is 47.9 Å². The number of halogens is 1. The fourth-order valence-corrected chi connectivity index (χ4v) is 1.45. The summed E-state index contributed by atoms with van der Waals surface area (Å²) in [5.74, 6) is -0.791. The third-order valence-electron chi connectivity index (χ3n) is 2.35. The summed E-state index contributed by atoms with van der Waals surface area (Å²) in [5.41, 5.74) is 5.89. The molecule has 0 aliphatic carbocycles. The molecular formula is C13H11FN2O3. The maximum Gasteiger partial charge on any atom is 0.343 e. The molecule has 0 saturated carbocycles. The van der Waals surface area contributed by atoms with Crippen molar-refractivity contribution in [2.45, 2.75) is 0 Å². The Labute approximate surface area is 108 Å². The second kappa shape index (κ2) is 5.34. The summed E-state index contributed by atoms with van der Waals surface area (Å²) in [7, 11) is 1.26. The number of hydrogen-bond donors (Lipinski definition) is 1. The molecule has 1 heterocycles. The summed E-state index contributed by atoms with van der Waals surface area (Å²) in [6.45, 7) is 0. The Morgan fingerprint density at radius 3 is 2.84 bits per heavy atom. The van der Waals surface area contributed by atoms with Crippen molar-refractivity contribution in [2.24, 2.45) is 0 Å². The molecule has 0 unspecified atom stereocenters. The largest absolute Gasteiger partial charge is 0.465 e. The van der Waals surface area contributed by atoms with Gasteiger partial charge in [-0.15, -0.1) is 0 Å². The van der Waals surface area contributed by atoms with Crippen LogP contribution in [0, 0.1) is 5.82 Å². The van der Waals surface area contributed by atoms with Gasteiger partial charge < -0.3 is 15.2 Å². The van der Waals surface area contributed by atoms with Gasteiger partial charge in [-0.2, -0.15) is 0 Å². The quantitative estimate of drug-likeness (QED) is 0.679. The van der Waals surface area contributed by atoms with Gasteiger partial charge in [0.1, 0.15) is 11.4 Å². The molecule has 0 spiro atoms. The molecule has 0 amide bonds. The molecule has 2 aromatic rings. The van der Waals surface area contributed by atoms with E-state index in [9.17, 15) is 9.18 Å². The number of carbonyl (C=O) groups is 1. The van der Waals surface area contributed by atoms with Crippen molar-refractivity contribution in [3.63, 3.8) is 0 Å². The van der Waals surface area contributed by atoms with E-state index in [1.54, 1.807) is 6.07 Å². The summed E-state index contributed by atoms with van der Waals surface area (Å²) in [6.07, 6.45) is 1.46. The number of anilines is 1. The van der Waals surface area contributed by atoms with Gasteiger partial charge in [0.2, 0.25) is 5.88 Å². The lowest BCUT2D eigenvalue weighted by Gasteiger charge is -2.10. The first-order chi connectivity index (χ1) is 9.11. The van der Waals surface area contributed by atoms with Gasteiger partial charge in [0.05, 0.1) is 12.8 Å². The van der Waals surface area contributed by atoms with E-state index in [1.807, 2.05) is 0 Å². The van der Waals surface area contributed by atoms with Crippen LogP contribution in [0.2, 0.25) is 0 Å². The van der Waals surface area contributed by atoms with E-state index < -0.39 is 11.8 Å². The van der Waals surface area contributed by atoms with Crippen molar-refractivity contribution < 1.29 is 18.7 Å². The van der Waals surface area contributed by atoms with E-state index in [0.717, 1.165) is 6.07 Å². The number of esters is 1. The molecule has 19 heavy (non-hydrogen) atoms. The number of aromatic nitrogens is 1. The van der Waals surface area contributed by atoms with Crippen molar-refractivity contribution in [2.75, 3.05) is 12.8 Å². The van der Waals surface area contributed by atoms with Crippen molar-refractivity contribution in [1.29, 1.82) is 0 Å². The fraction of sp³-hybridized carbons (Fsp3) is 0.0769. The molecule has 5 nitrogen and oxygen atoms in total. The Morgan fingerprint density at radius 2 is 2.16 bits per heavy atom. The predicted molar refractivity (Wildman–Crippen MR) is 66.5 cm³/mol. The van der Waals surface area contributed by atoms with Gasteiger partial charge in [-0.25, -0.2) is 14.2 Å². The van der Waals surface area contributed by atoms with Gasteiger partial charge in [0.25, 0.3) is 0 Å². The number of pyridine rings is 1. The zero-order chi connectivity index (χ0) is 13.8. The summed E-state index contributed by atoms with van der Waals surface area (Å²) < 4.78 is 23.0. The molecule has 0 saturated heterocycles. The maximum absolute atomic E-state index is 12.9. The molecule has 6 heteroatoms. The topological polar surface area (TPSA) is 74.4 Å². The lowest BCUT2D eigenvalue weighted by atomic mass is 10.2. The number of nitrogen functional groups attached to an aromatic ring is 1. The SMILES string of the molecule is COC(=O)c1cccnc1Oc1ccc(F)cc1N. The molecule has 0 aliphatic heterocycles. The highest BCUT2D eigenvalue weighted by atomic mass is 19.1. The average molecular weight is 262 g/mol. The monoisotopic (exact) mass is 262 g/mol. The summed E-state index contributed by atoms with van der Waals surface area (Å²) in [5, 5.41) is 0. The van der Waals surface area contributed by atoms with E-state index >= 15 is 0 Å². The van der Waals surface area contributed by atoms with Gasteiger partial charge >= 0.3 is 5.97 Å². The van der Waals surface area contributed by atoms with Crippen LogP contribution in [-0.2, 0) is 4.74 Å². The number of benzene rings is 1. The lowest BCUT2D eigenvalue weighted by molar-refractivity contribution is 0.0597. The Hall–Kier alpha value is -2.63. The zero-order valence-corrected chi connectivity index (χ0v) is 10.1. The summed E-state index contributed by atoms with van der Waals surface area (Å²) in [4.78, 5) is 15.5.